The van der Waals surface area contributed by atoms with Crippen LogP contribution < -0.4 is 14.2 Å². The normalized spacial score (nSPS) is 14.6. The molecule has 9 heteroatoms. The molecule has 1 saturated heterocycles. The van der Waals surface area contributed by atoms with E-state index in [9.17, 15) is 8.42 Å². The van der Waals surface area contributed by atoms with Gasteiger partial charge in [0.05, 0.1) is 26.1 Å². The van der Waals surface area contributed by atoms with Gasteiger partial charge in [-0.25, -0.2) is 13.4 Å². The predicted molar refractivity (Wildman–Crippen MR) is 111 cm³/mol. The van der Waals surface area contributed by atoms with E-state index in [4.69, 9.17) is 14.2 Å². The first-order chi connectivity index (χ1) is 13.9. The van der Waals surface area contributed by atoms with Gasteiger partial charge in [0.1, 0.15) is 17.4 Å². The zero-order valence-corrected chi connectivity index (χ0v) is 17.3. The molecule has 2 aromatic heterocycles. The van der Waals surface area contributed by atoms with Gasteiger partial charge in [-0.3, -0.25) is 4.72 Å². The number of ether oxygens (including phenoxy) is 3. The average Bonchev–Trinajstić information content (AvgIpc) is 3.02. The highest BCUT2D eigenvalue weighted by molar-refractivity contribution is 7.92. The number of rotatable bonds is 7. The molecule has 29 heavy (non-hydrogen) atoms. The Morgan fingerprint density at radius 2 is 2.07 bits per heavy atom. The summed E-state index contributed by atoms with van der Waals surface area (Å²) in [5, 5.41) is 0.935. The number of aryl methyl sites for hydroxylation is 1. The number of aromatic nitrogens is 2. The lowest BCUT2D eigenvalue weighted by Gasteiger charge is -2.28. The molecule has 1 aliphatic rings. The van der Waals surface area contributed by atoms with Crippen molar-refractivity contribution in [1.82, 2.24) is 9.55 Å². The van der Waals surface area contributed by atoms with Crippen LogP contribution in [0.1, 0.15) is 6.92 Å². The number of fused-ring (bicyclic) bond motifs is 1. The number of pyridine rings is 1. The lowest BCUT2D eigenvalue weighted by atomic mass is 10.0. The quantitative estimate of drug-likeness (QED) is 0.636. The van der Waals surface area contributed by atoms with Gasteiger partial charge in [-0.15, -0.1) is 0 Å². The highest BCUT2D eigenvalue weighted by Gasteiger charge is 2.24. The lowest BCUT2D eigenvalue weighted by Crippen LogP contribution is -2.38. The van der Waals surface area contributed by atoms with Crippen LogP contribution >= 0.6 is 0 Å². The summed E-state index contributed by atoms with van der Waals surface area (Å²) in [6.45, 7) is 2.68. The van der Waals surface area contributed by atoms with E-state index in [1.54, 1.807) is 38.4 Å². The van der Waals surface area contributed by atoms with Crippen molar-refractivity contribution < 1.29 is 22.6 Å². The second-order valence-corrected chi connectivity index (χ2v) is 8.87. The van der Waals surface area contributed by atoms with E-state index in [1.807, 2.05) is 23.9 Å². The number of hydrogen-bond acceptors (Lipinski definition) is 6. The molecule has 1 fully saturated rings. The summed E-state index contributed by atoms with van der Waals surface area (Å²) in [6, 6.07) is 7.20. The number of methoxy groups -OCH3 is 1. The first-order valence-electron chi connectivity index (χ1n) is 9.29. The molecule has 3 aromatic rings. The SMILES string of the molecule is CCS(=O)(=O)Nc1ccc(OC2COC2)c(-c2cn(C)c3c(OC)nccc23)c1. The Kier molecular flexibility index (Phi) is 5.10. The van der Waals surface area contributed by atoms with Crippen LogP contribution in [0.15, 0.2) is 36.7 Å². The molecule has 1 aromatic carbocycles. The van der Waals surface area contributed by atoms with Gasteiger partial charge in [0.25, 0.3) is 0 Å². The molecule has 1 aliphatic heterocycles. The summed E-state index contributed by atoms with van der Waals surface area (Å²) in [5.41, 5.74) is 3.02. The molecule has 3 heterocycles. The van der Waals surface area contributed by atoms with Gasteiger partial charge in [-0.05, 0) is 31.2 Å². The first kappa shape index (κ1) is 19.5. The van der Waals surface area contributed by atoms with Crippen LogP contribution in [0.2, 0.25) is 0 Å². The number of hydrogen-bond donors (Lipinski definition) is 1. The molecule has 0 radical (unpaired) electrons. The summed E-state index contributed by atoms with van der Waals surface area (Å²) in [5.74, 6) is 1.19. The highest BCUT2D eigenvalue weighted by Crippen LogP contribution is 2.40. The van der Waals surface area contributed by atoms with Crippen LogP contribution in [0.25, 0.3) is 22.0 Å². The fraction of sp³-hybridized carbons (Fsp3) is 0.350. The molecule has 4 rings (SSSR count). The van der Waals surface area contributed by atoms with Gasteiger partial charge in [0.15, 0.2) is 0 Å². The van der Waals surface area contributed by atoms with Crippen LogP contribution in [0.4, 0.5) is 5.69 Å². The highest BCUT2D eigenvalue weighted by atomic mass is 32.2. The number of benzene rings is 1. The number of sulfonamides is 1. The number of anilines is 1. The van der Waals surface area contributed by atoms with E-state index >= 15 is 0 Å². The first-order valence-corrected chi connectivity index (χ1v) is 10.9. The minimum Gasteiger partial charge on any atom is -0.485 e. The second kappa shape index (κ2) is 7.57. The molecule has 1 N–H and O–H groups in total. The molecule has 0 aliphatic carbocycles. The van der Waals surface area contributed by atoms with Gasteiger partial charge in [-0.2, -0.15) is 0 Å². The summed E-state index contributed by atoms with van der Waals surface area (Å²) in [7, 11) is 0.105. The van der Waals surface area contributed by atoms with E-state index < -0.39 is 10.0 Å². The van der Waals surface area contributed by atoms with E-state index in [0.717, 1.165) is 22.0 Å². The Morgan fingerprint density at radius 1 is 1.28 bits per heavy atom. The van der Waals surface area contributed by atoms with Gasteiger partial charge in [0.2, 0.25) is 15.9 Å². The van der Waals surface area contributed by atoms with Crippen molar-refractivity contribution in [1.29, 1.82) is 0 Å². The zero-order chi connectivity index (χ0) is 20.6. The van der Waals surface area contributed by atoms with Crippen molar-refractivity contribution >= 4 is 26.6 Å². The minimum absolute atomic E-state index is 0.00284. The predicted octanol–water partition coefficient (Wildman–Crippen LogP) is 2.79. The topological polar surface area (TPSA) is 91.7 Å². The summed E-state index contributed by atoms with van der Waals surface area (Å²) >= 11 is 0. The average molecular weight is 417 g/mol. The fourth-order valence-electron chi connectivity index (χ4n) is 3.30. The van der Waals surface area contributed by atoms with Crippen LogP contribution in [-0.2, 0) is 21.8 Å². The van der Waals surface area contributed by atoms with Crippen molar-refractivity contribution in [3.05, 3.63) is 36.7 Å². The Balaban J connectivity index is 1.87. The molecule has 8 nitrogen and oxygen atoms in total. The third-order valence-electron chi connectivity index (χ3n) is 4.87. The summed E-state index contributed by atoms with van der Waals surface area (Å²) in [4.78, 5) is 4.28. The van der Waals surface area contributed by atoms with Gasteiger partial charge < -0.3 is 18.8 Å². The Morgan fingerprint density at radius 3 is 2.72 bits per heavy atom. The van der Waals surface area contributed by atoms with Crippen LogP contribution in [0.3, 0.4) is 0 Å². The van der Waals surface area contributed by atoms with Crippen LogP contribution in [0.5, 0.6) is 11.6 Å². The van der Waals surface area contributed by atoms with Crippen molar-refractivity contribution in [3.8, 4) is 22.8 Å². The Labute approximate surface area is 169 Å². The largest absolute Gasteiger partial charge is 0.485 e. The third-order valence-corrected chi connectivity index (χ3v) is 6.18. The Hall–Kier alpha value is -2.78. The molecule has 0 atom stereocenters. The van der Waals surface area contributed by atoms with E-state index in [1.165, 1.54) is 0 Å². The summed E-state index contributed by atoms with van der Waals surface area (Å²) in [6.07, 6.45) is 3.64. The molecular formula is C20H23N3O5S. The molecular weight excluding hydrogens is 394 g/mol. The summed E-state index contributed by atoms with van der Waals surface area (Å²) < 4.78 is 45.4. The minimum atomic E-state index is -3.39. The standard InChI is InChI=1S/C20H23N3O5S/c1-4-29(24,25)22-13-5-6-18(28-14-11-27-12-14)16(9-13)17-10-23(2)19-15(17)7-8-21-20(19)26-3/h5-10,14,22H,4,11-12H2,1-3H3. The number of nitrogens with zero attached hydrogens (tertiary/aromatic N) is 2. The molecule has 0 bridgehead atoms. The van der Waals surface area contributed by atoms with Crippen molar-refractivity contribution in [3.63, 3.8) is 0 Å². The molecule has 154 valence electrons. The van der Waals surface area contributed by atoms with Crippen LogP contribution in [0, 0.1) is 0 Å². The van der Waals surface area contributed by atoms with Gasteiger partial charge in [-0.1, -0.05) is 0 Å². The Bertz CT molecular complexity index is 1150. The van der Waals surface area contributed by atoms with Crippen molar-refractivity contribution in [2.24, 2.45) is 7.05 Å². The maximum Gasteiger partial charge on any atom is 0.238 e. The number of nitrogens with one attached hydrogen (secondary N) is 1. The van der Waals surface area contributed by atoms with Crippen molar-refractivity contribution in [2.45, 2.75) is 13.0 Å². The molecule has 0 unspecified atom stereocenters. The second-order valence-electron chi connectivity index (χ2n) is 6.86. The maximum absolute atomic E-state index is 12.0. The van der Waals surface area contributed by atoms with Gasteiger partial charge in [0, 0.05) is 41.6 Å². The molecule has 0 saturated carbocycles. The third kappa shape index (κ3) is 3.75. The van der Waals surface area contributed by atoms with E-state index in [2.05, 4.69) is 9.71 Å². The van der Waals surface area contributed by atoms with E-state index in [-0.39, 0.29) is 11.9 Å². The lowest BCUT2D eigenvalue weighted by molar-refractivity contribution is -0.0794. The van der Waals surface area contributed by atoms with E-state index in [0.29, 0.717) is 30.5 Å². The maximum atomic E-state index is 12.0. The zero-order valence-electron chi connectivity index (χ0n) is 16.5. The monoisotopic (exact) mass is 417 g/mol. The smallest absolute Gasteiger partial charge is 0.238 e. The van der Waals surface area contributed by atoms with Gasteiger partial charge >= 0.3 is 0 Å². The van der Waals surface area contributed by atoms with Crippen molar-refractivity contribution in [2.75, 3.05) is 30.8 Å². The molecule has 0 amide bonds. The fourth-order valence-corrected chi connectivity index (χ4v) is 3.94. The molecule has 0 spiro atoms. The van der Waals surface area contributed by atoms with Crippen LogP contribution in [-0.4, -0.2) is 50.1 Å².